The van der Waals surface area contributed by atoms with E-state index in [4.69, 9.17) is 0 Å². The third kappa shape index (κ3) is 1.37. The molecule has 0 saturated carbocycles. The lowest BCUT2D eigenvalue weighted by Gasteiger charge is -1.94. The quantitative estimate of drug-likeness (QED) is 0.711. The monoisotopic (exact) mass is 370 g/mol. The van der Waals surface area contributed by atoms with Crippen LogP contribution in [0.1, 0.15) is 0 Å². The van der Waals surface area contributed by atoms with Crippen LogP contribution in [-0.2, 0) is 0 Å². The summed E-state index contributed by atoms with van der Waals surface area (Å²) in [7, 11) is 0. The fourth-order valence-corrected chi connectivity index (χ4v) is 1.90. The summed E-state index contributed by atoms with van der Waals surface area (Å²) in [6, 6.07) is 4.23. The summed E-state index contributed by atoms with van der Waals surface area (Å²) in [5.41, 5.74) is 1.11. The Kier molecular flexibility index (Phi) is 2.04. The van der Waals surface area contributed by atoms with Crippen LogP contribution in [0.15, 0.2) is 18.3 Å². The van der Waals surface area contributed by atoms with Crippen molar-refractivity contribution in [3.63, 3.8) is 0 Å². The molecule has 1 aromatic carbocycles. The molecule has 0 fully saturated rings. The number of H-pyrrole nitrogens is 1. The topological polar surface area (TPSA) is 28.7 Å². The molecule has 0 radical (unpaired) electrons. The van der Waals surface area contributed by atoms with E-state index in [-0.39, 0.29) is 0 Å². The summed E-state index contributed by atoms with van der Waals surface area (Å²) in [4.78, 5) is 0. The molecule has 1 heterocycles. The van der Waals surface area contributed by atoms with Crippen LogP contribution in [0.4, 0.5) is 0 Å². The lowest BCUT2D eigenvalue weighted by molar-refractivity contribution is 1.12. The summed E-state index contributed by atoms with van der Waals surface area (Å²) in [5, 5.41) is 8.06. The van der Waals surface area contributed by atoms with E-state index in [1.54, 1.807) is 0 Å². The Balaban J connectivity index is 2.86. The van der Waals surface area contributed by atoms with Gasteiger partial charge in [-0.1, -0.05) is 0 Å². The molecule has 2 nitrogen and oxygen atoms in total. The number of fused-ring (bicyclic) bond motifs is 1. The number of aromatic nitrogens is 2. The van der Waals surface area contributed by atoms with Crippen molar-refractivity contribution in [3.05, 3.63) is 25.5 Å². The molecule has 2 rings (SSSR count). The molecule has 0 spiro atoms. The minimum Gasteiger partial charge on any atom is -0.278 e. The number of aromatic amines is 1. The second-order valence-electron chi connectivity index (χ2n) is 2.22. The van der Waals surface area contributed by atoms with E-state index in [0.717, 1.165) is 5.52 Å². The van der Waals surface area contributed by atoms with Gasteiger partial charge in [0.1, 0.15) is 0 Å². The molecule has 1 aromatic heterocycles. The van der Waals surface area contributed by atoms with Crippen molar-refractivity contribution in [3.8, 4) is 0 Å². The number of benzene rings is 1. The molecule has 0 atom stereocenters. The normalized spacial score (nSPS) is 10.7. The van der Waals surface area contributed by atoms with Crippen molar-refractivity contribution in [2.75, 3.05) is 0 Å². The van der Waals surface area contributed by atoms with Crippen LogP contribution in [0.25, 0.3) is 10.9 Å². The predicted molar refractivity (Wildman–Crippen MR) is 61.5 cm³/mol. The molecule has 4 heteroatoms. The predicted octanol–water partition coefficient (Wildman–Crippen LogP) is 2.77. The maximum Gasteiger partial charge on any atom is 0.0661 e. The second kappa shape index (κ2) is 2.89. The summed E-state index contributed by atoms with van der Waals surface area (Å²) < 4.78 is 2.54. The maximum absolute atomic E-state index is 3.95. The molecule has 0 bridgehead atoms. The number of halogens is 2. The second-order valence-corrected chi connectivity index (χ2v) is 4.55. The van der Waals surface area contributed by atoms with Crippen LogP contribution < -0.4 is 0 Å². The number of hydrogen-bond donors (Lipinski definition) is 1. The van der Waals surface area contributed by atoms with Gasteiger partial charge in [0.15, 0.2) is 0 Å². The minimum absolute atomic E-state index is 1.11. The van der Waals surface area contributed by atoms with E-state index in [1.807, 2.05) is 6.20 Å². The van der Waals surface area contributed by atoms with Gasteiger partial charge in [0.05, 0.1) is 11.7 Å². The van der Waals surface area contributed by atoms with Crippen LogP contribution in [-0.4, -0.2) is 10.2 Å². The van der Waals surface area contributed by atoms with E-state index in [2.05, 4.69) is 67.5 Å². The summed E-state index contributed by atoms with van der Waals surface area (Å²) >= 11 is 4.64. The average molecular weight is 370 g/mol. The third-order valence-corrected chi connectivity index (χ3v) is 4.30. The first-order valence-corrected chi connectivity index (χ1v) is 5.21. The highest BCUT2D eigenvalue weighted by Gasteiger charge is 1.99. The van der Waals surface area contributed by atoms with Crippen molar-refractivity contribution in [2.45, 2.75) is 0 Å². The van der Waals surface area contributed by atoms with Crippen molar-refractivity contribution >= 4 is 56.1 Å². The van der Waals surface area contributed by atoms with Crippen LogP contribution in [0, 0.1) is 7.14 Å². The molecule has 2 aromatic rings. The van der Waals surface area contributed by atoms with Crippen molar-refractivity contribution in [1.82, 2.24) is 10.2 Å². The van der Waals surface area contributed by atoms with Crippen LogP contribution in [0.2, 0.25) is 0 Å². The van der Waals surface area contributed by atoms with Gasteiger partial charge in [-0.3, -0.25) is 5.10 Å². The van der Waals surface area contributed by atoms with E-state index in [9.17, 15) is 0 Å². The fraction of sp³-hybridized carbons (Fsp3) is 0. The van der Waals surface area contributed by atoms with Gasteiger partial charge in [-0.25, -0.2) is 0 Å². The molecule has 56 valence electrons. The fourth-order valence-electron chi connectivity index (χ4n) is 0.937. The lowest BCUT2D eigenvalue weighted by atomic mass is 10.3. The summed E-state index contributed by atoms with van der Waals surface area (Å²) in [6.07, 6.45) is 1.84. The van der Waals surface area contributed by atoms with E-state index >= 15 is 0 Å². The van der Waals surface area contributed by atoms with Gasteiger partial charge in [-0.15, -0.1) is 0 Å². The summed E-state index contributed by atoms with van der Waals surface area (Å²) in [6.45, 7) is 0. The van der Waals surface area contributed by atoms with Gasteiger partial charge >= 0.3 is 0 Å². The zero-order valence-corrected chi connectivity index (χ0v) is 9.75. The minimum atomic E-state index is 1.11. The van der Waals surface area contributed by atoms with E-state index in [0.29, 0.717) is 0 Å². The lowest BCUT2D eigenvalue weighted by Crippen LogP contribution is -1.78. The first-order valence-electron chi connectivity index (χ1n) is 3.05. The number of nitrogens with zero attached hydrogens (tertiary/aromatic N) is 1. The Morgan fingerprint density at radius 3 is 2.73 bits per heavy atom. The molecule has 11 heavy (non-hydrogen) atoms. The largest absolute Gasteiger partial charge is 0.278 e. The van der Waals surface area contributed by atoms with Crippen molar-refractivity contribution in [2.24, 2.45) is 0 Å². The zero-order valence-electron chi connectivity index (χ0n) is 5.44. The van der Waals surface area contributed by atoms with Gasteiger partial charge < -0.3 is 0 Å². The molecule has 0 unspecified atom stereocenters. The molecule has 0 amide bonds. The van der Waals surface area contributed by atoms with Crippen LogP contribution in [0.3, 0.4) is 0 Å². The highest BCUT2D eigenvalue weighted by Crippen LogP contribution is 2.20. The Morgan fingerprint density at radius 1 is 1.18 bits per heavy atom. The SMILES string of the molecule is Ic1cc2cn[nH]c2cc1I. The smallest absolute Gasteiger partial charge is 0.0661 e. The van der Waals surface area contributed by atoms with Gasteiger partial charge in [0, 0.05) is 12.5 Å². The first-order chi connectivity index (χ1) is 5.27. The zero-order chi connectivity index (χ0) is 7.84. The van der Waals surface area contributed by atoms with E-state index in [1.165, 1.54) is 12.5 Å². The van der Waals surface area contributed by atoms with Gasteiger partial charge in [0.2, 0.25) is 0 Å². The molecule has 1 N–H and O–H groups in total. The number of rotatable bonds is 0. The molecular weight excluding hydrogens is 366 g/mol. The third-order valence-electron chi connectivity index (χ3n) is 1.48. The maximum atomic E-state index is 3.95. The first kappa shape index (κ1) is 7.78. The number of hydrogen-bond acceptors (Lipinski definition) is 1. The van der Waals surface area contributed by atoms with Gasteiger partial charge in [-0.05, 0) is 57.3 Å². The highest BCUT2D eigenvalue weighted by molar-refractivity contribution is 14.1. The molecule has 0 saturated heterocycles. The molecular formula is C7H4I2N2. The molecule has 0 aliphatic carbocycles. The Bertz CT molecular complexity index is 358. The van der Waals surface area contributed by atoms with Crippen LogP contribution in [0.5, 0.6) is 0 Å². The standard InChI is InChI=1S/C7H4I2N2/c8-5-1-4-3-10-11-7(4)2-6(5)9/h1-3H,(H,10,11). The van der Waals surface area contributed by atoms with Crippen molar-refractivity contribution < 1.29 is 0 Å². The molecule has 0 aliphatic heterocycles. The van der Waals surface area contributed by atoms with Gasteiger partial charge in [0.25, 0.3) is 0 Å². The van der Waals surface area contributed by atoms with Crippen LogP contribution >= 0.6 is 45.2 Å². The van der Waals surface area contributed by atoms with Crippen molar-refractivity contribution in [1.29, 1.82) is 0 Å². The molecule has 0 aliphatic rings. The highest BCUT2D eigenvalue weighted by atomic mass is 127. The Labute approximate surface area is 91.0 Å². The van der Waals surface area contributed by atoms with Gasteiger partial charge in [-0.2, -0.15) is 5.10 Å². The Hall–Kier alpha value is 0.150. The van der Waals surface area contributed by atoms with E-state index < -0.39 is 0 Å². The summed E-state index contributed by atoms with van der Waals surface area (Å²) in [5.74, 6) is 0. The number of nitrogens with one attached hydrogen (secondary N) is 1. The Morgan fingerprint density at radius 2 is 1.91 bits per heavy atom. The average Bonchev–Trinajstić information content (AvgIpc) is 2.36.